The number of hydrogen-bond donors (Lipinski definition) is 1. The number of rotatable bonds is 4. The topological polar surface area (TPSA) is 41.0 Å². The molecule has 1 aromatic heterocycles. The lowest BCUT2D eigenvalue weighted by Gasteiger charge is -2.19. The molecule has 0 saturated carbocycles. The predicted octanol–water partition coefficient (Wildman–Crippen LogP) is 3.58. The van der Waals surface area contributed by atoms with Gasteiger partial charge in [-0.2, -0.15) is 0 Å². The van der Waals surface area contributed by atoms with Gasteiger partial charge in [0, 0.05) is 24.1 Å². The molecule has 2 rings (SSSR count). The summed E-state index contributed by atoms with van der Waals surface area (Å²) in [6.07, 6.45) is 1.46. The lowest BCUT2D eigenvalue weighted by Crippen LogP contribution is -2.13. The predicted molar refractivity (Wildman–Crippen MR) is 78.4 cm³/mol. The molecular weight excluding hydrogens is 311 g/mol. The third kappa shape index (κ3) is 3.20. The Morgan fingerprint density at radius 1 is 1.32 bits per heavy atom. The van der Waals surface area contributed by atoms with Gasteiger partial charge in [0.25, 0.3) is 0 Å². The van der Waals surface area contributed by atoms with Gasteiger partial charge in [0.1, 0.15) is 23.8 Å². The van der Waals surface area contributed by atoms with E-state index < -0.39 is 0 Å². The first-order chi connectivity index (χ1) is 9.11. The quantitative estimate of drug-likeness (QED) is 0.933. The standard InChI is InChI=1S/C13H14BrFN4/c1-3-16-12-7-13(18-8-17-12)19(2)11-6-9(14)4-5-10(11)15/h4-8H,3H2,1-2H3,(H,16,17,18). The lowest BCUT2D eigenvalue weighted by molar-refractivity contribution is 0.627. The molecule has 100 valence electrons. The third-order valence-electron chi connectivity index (χ3n) is 2.62. The first kappa shape index (κ1) is 13.7. The molecule has 1 N–H and O–H groups in total. The second-order valence-electron chi connectivity index (χ2n) is 3.95. The van der Waals surface area contributed by atoms with Crippen LogP contribution in [0.3, 0.4) is 0 Å². The molecule has 0 radical (unpaired) electrons. The Labute approximate surface area is 119 Å². The SMILES string of the molecule is CCNc1cc(N(C)c2cc(Br)ccc2F)ncn1. The van der Waals surface area contributed by atoms with Crippen molar-refractivity contribution in [2.24, 2.45) is 0 Å². The van der Waals surface area contributed by atoms with Gasteiger partial charge < -0.3 is 10.2 Å². The molecule has 1 heterocycles. The molecule has 0 fully saturated rings. The molecule has 0 bridgehead atoms. The number of benzene rings is 1. The van der Waals surface area contributed by atoms with E-state index in [0.29, 0.717) is 11.5 Å². The minimum absolute atomic E-state index is 0.297. The molecule has 0 aliphatic heterocycles. The van der Waals surface area contributed by atoms with Crippen LogP contribution < -0.4 is 10.2 Å². The van der Waals surface area contributed by atoms with Gasteiger partial charge in [-0.05, 0) is 25.1 Å². The molecule has 0 amide bonds. The summed E-state index contributed by atoms with van der Waals surface area (Å²) in [7, 11) is 1.77. The molecule has 0 spiro atoms. The molecule has 6 heteroatoms. The van der Waals surface area contributed by atoms with Crippen molar-refractivity contribution in [3.8, 4) is 0 Å². The maximum Gasteiger partial charge on any atom is 0.146 e. The van der Waals surface area contributed by atoms with Gasteiger partial charge >= 0.3 is 0 Å². The summed E-state index contributed by atoms with van der Waals surface area (Å²) < 4.78 is 14.6. The van der Waals surface area contributed by atoms with Crippen LogP contribution in [0, 0.1) is 5.82 Å². The van der Waals surface area contributed by atoms with E-state index in [4.69, 9.17) is 0 Å². The van der Waals surface area contributed by atoms with Crippen LogP contribution >= 0.6 is 15.9 Å². The number of halogens is 2. The van der Waals surface area contributed by atoms with Gasteiger partial charge in [-0.1, -0.05) is 15.9 Å². The van der Waals surface area contributed by atoms with Crippen molar-refractivity contribution in [1.82, 2.24) is 9.97 Å². The number of nitrogens with zero attached hydrogens (tertiary/aromatic N) is 3. The lowest BCUT2D eigenvalue weighted by atomic mass is 10.3. The van der Waals surface area contributed by atoms with Crippen molar-refractivity contribution in [2.75, 3.05) is 23.8 Å². The second-order valence-corrected chi connectivity index (χ2v) is 4.86. The average molecular weight is 325 g/mol. The smallest absolute Gasteiger partial charge is 0.146 e. The minimum Gasteiger partial charge on any atom is -0.370 e. The number of anilines is 3. The van der Waals surface area contributed by atoms with Crippen molar-refractivity contribution >= 4 is 33.3 Å². The van der Waals surface area contributed by atoms with E-state index >= 15 is 0 Å². The van der Waals surface area contributed by atoms with Crippen LogP contribution in [0.2, 0.25) is 0 Å². The molecule has 2 aromatic rings. The van der Waals surface area contributed by atoms with Gasteiger partial charge in [0.15, 0.2) is 0 Å². The van der Waals surface area contributed by atoms with Crippen LogP contribution in [-0.4, -0.2) is 23.6 Å². The molecule has 4 nitrogen and oxygen atoms in total. The molecule has 0 saturated heterocycles. The van der Waals surface area contributed by atoms with Crippen LogP contribution in [0.25, 0.3) is 0 Å². The molecule has 0 aliphatic rings. The second kappa shape index (κ2) is 5.97. The Kier molecular flexibility index (Phi) is 4.31. The minimum atomic E-state index is -0.297. The Bertz CT molecular complexity index is 576. The molecule has 19 heavy (non-hydrogen) atoms. The third-order valence-corrected chi connectivity index (χ3v) is 3.12. The van der Waals surface area contributed by atoms with Crippen molar-refractivity contribution in [2.45, 2.75) is 6.92 Å². The molecule has 0 unspecified atom stereocenters. The molecule has 0 atom stereocenters. The van der Waals surface area contributed by atoms with Crippen molar-refractivity contribution in [3.05, 3.63) is 40.9 Å². The molecule has 0 aliphatic carbocycles. The fourth-order valence-electron chi connectivity index (χ4n) is 1.67. The van der Waals surface area contributed by atoms with E-state index in [1.807, 2.05) is 6.92 Å². The van der Waals surface area contributed by atoms with Crippen LogP contribution in [0.5, 0.6) is 0 Å². The van der Waals surface area contributed by atoms with E-state index in [0.717, 1.165) is 16.8 Å². The summed E-state index contributed by atoms with van der Waals surface area (Å²) in [4.78, 5) is 9.94. The van der Waals surface area contributed by atoms with Gasteiger partial charge in [0.05, 0.1) is 5.69 Å². The summed E-state index contributed by atoms with van der Waals surface area (Å²) in [6, 6.07) is 6.58. The highest BCUT2D eigenvalue weighted by Crippen LogP contribution is 2.28. The van der Waals surface area contributed by atoms with E-state index in [1.165, 1.54) is 12.4 Å². The van der Waals surface area contributed by atoms with E-state index in [9.17, 15) is 4.39 Å². The normalized spacial score (nSPS) is 10.3. The van der Waals surface area contributed by atoms with Gasteiger partial charge in [-0.15, -0.1) is 0 Å². The van der Waals surface area contributed by atoms with E-state index in [2.05, 4.69) is 31.2 Å². The van der Waals surface area contributed by atoms with Crippen LogP contribution in [0.4, 0.5) is 21.7 Å². The van der Waals surface area contributed by atoms with E-state index in [1.54, 1.807) is 30.1 Å². The Morgan fingerprint density at radius 2 is 2.11 bits per heavy atom. The van der Waals surface area contributed by atoms with Gasteiger partial charge in [0.2, 0.25) is 0 Å². The maximum absolute atomic E-state index is 13.8. The zero-order valence-electron chi connectivity index (χ0n) is 10.7. The fourth-order valence-corrected chi connectivity index (χ4v) is 2.02. The zero-order chi connectivity index (χ0) is 13.8. The van der Waals surface area contributed by atoms with Crippen LogP contribution in [-0.2, 0) is 0 Å². The monoisotopic (exact) mass is 324 g/mol. The molecule has 1 aromatic carbocycles. The Morgan fingerprint density at radius 3 is 2.84 bits per heavy atom. The average Bonchev–Trinajstić information content (AvgIpc) is 2.41. The summed E-state index contributed by atoms with van der Waals surface area (Å²) in [5.41, 5.74) is 0.454. The van der Waals surface area contributed by atoms with Gasteiger partial charge in [-0.3, -0.25) is 0 Å². The van der Waals surface area contributed by atoms with Crippen LogP contribution in [0.15, 0.2) is 35.1 Å². The molecular formula is C13H14BrFN4. The maximum atomic E-state index is 13.8. The Hall–Kier alpha value is -1.69. The number of aromatic nitrogens is 2. The first-order valence-electron chi connectivity index (χ1n) is 5.86. The summed E-state index contributed by atoms with van der Waals surface area (Å²) in [5.74, 6) is 1.05. The fraction of sp³-hybridized carbons (Fsp3) is 0.231. The highest BCUT2D eigenvalue weighted by Gasteiger charge is 2.11. The van der Waals surface area contributed by atoms with Crippen molar-refractivity contribution in [3.63, 3.8) is 0 Å². The Balaban J connectivity index is 2.35. The van der Waals surface area contributed by atoms with Crippen LogP contribution in [0.1, 0.15) is 6.92 Å². The van der Waals surface area contributed by atoms with Crippen molar-refractivity contribution < 1.29 is 4.39 Å². The van der Waals surface area contributed by atoms with Crippen molar-refractivity contribution in [1.29, 1.82) is 0 Å². The van der Waals surface area contributed by atoms with E-state index in [-0.39, 0.29) is 5.82 Å². The van der Waals surface area contributed by atoms with Gasteiger partial charge in [-0.25, -0.2) is 14.4 Å². The summed E-state index contributed by atoms with van der Waals surface area (Å²) in [5, 5.41) is 3.10. The summed E-state index contributed by atoms with van der Waals surface area (Å²) >= 11 is 3.34. The first-order valence-corrected chi connectivity index (χ1v) is 6.66. The number of nitrogens with one attached hydrogen (secondary N) is 1. The zero-order valence-corrected chi connectivity index (χ0v) is 12.3. The number of hydrogen-bond acceptors (Lipinski definition) is 4. The largest absolute Gasteiger partial charge is 0.370 e. The highest BCUT2D eigenvalue weighted by atomic mass is 79.9. The summed E-state index contributed by atoms with van der Waals surface area (Å²) in [6.45, 7) is 2.75. The highest BCUT2D eigenvalue weighted by molar-refractivity contribution is 9.10.